The van der Waals surface area contributed by atoms with Crippen LogP contribution in [0.4, 0.5) is 13.2 Å². The van der Waals surface area contributed by atoms with Gasteiger partial charge < -0.3 is 5.11 Å². The van der Waals surface area contributed by atoms with Crippen molar-refractivity contribution >= 4 is 11.6 Å². The van der Waals surface area contributed by atoms with Gasteiger partial charge in [-0.1, -0.05) is 11.6 Å². The number of rotatable bonds is 3. The highest BCUT2D eigenvalue weighted by Crippen LogP contribution is 2.33. The molecule has 5 nitrogen and oxygen atoms in total. The highest BCUT2D eigenvalue weighted by Gasteiger charge is 2.34. The molecule has 0 aliphatic heterocycles. The van der Waals surface area contributed by atoms with Gasteiger partial charge in [-0.2, -0.15) is 18.3 Å². The summed E-state index contributed by atoms with van der Waals surface area (Å²) in [6, 6.07) is 0. The first-order valence-corrected chi connectivity index (χ1v) is 5.53. The summed E-state index contributed by atoms with van der Waals surface area (Å²) < 4.78 is 38.9. The van der Waals surface area contributed by atoms with Gasteiger partial charge in [-0.3, -0.25) is 4.68 Å². The van der Waals surface area contributed by atoms with Crippen LogP contribution in [0.3, 0.4) is 0 Å². The van der Waals surface area contributed by atoms with E-state index in [1.807, 2.05) is 0 Å². The first-order chi connectivity index (χ1) is 8.91. The number of hydrogen-bond acceptors (Lipinski definition) is 4. The predicted octanol–water partition coefficient (Wildman–Crippen LogP) is 2.00. The van der Waals surface area contributed by atoms with E-state index in [0.717, 1.165) is 0 Å². The van der Waals surface area contributed by atoms with Crippen molar-refractivity contribution in [3.63, 3.8) is 0 Å². The van der Waals surface area contributed by atoms with Gasteiger partial charge in [0.1, 0.15) is 10.7 Å². The minimum Gasteiger partial charge on any atom is -0.394 e. The molecule has 0 spiro atoms. The van der Waals surface area contributed by atoms with Crippen LogP contribution in [-0.4, -0.2) is 31.5 Å². The van der Waals surface area contributed by atoms with Gasteiger partial charge in [-0.05, 0) is 0 Å². The summed E-state index contributed by atoms with van der Waals surface area (Å²) in [5.41, 5.74) is -0.662. The molecule has 9 heteroatoms. The molecule has 0 amide bonds. The number of aromatic nitrogens is 4. The zero-order chi connectivity index (χ0) is 14.0. The van der Waals surface area contributed by atoms with Gasteiger partial charge in [0.25, 0.3) is 0 Å². The Bertz CT molecular complexity index is 584. The average Bonchev–Trinajstić information content (AvgIpc) is 2.76. The van der Waals surface area contributed by atoms with Gasteiger partial charge in [0, 0.05) is 12.4 Å². The topological polar surface area (TPSA) is 63.8 Å². The Hall–Kier alpha value is -1.67. The smallest absolute Gasteiger partial charge is 0.394 e. The fourth-order valence-electron chi connectivity index (χ4n) is 1.39. The molecular weight excluding hydrogens is 285 g/mol. The van der Waals surface area contributed by atoms with E-state index in [2.05, 4.69) is 15.1 Å². The maximum atomic E-state index is 12.5. The first-order valence-electron chi connectivity index (χ1n) is 5.15. The Morgan fingerprint density at radius 3 is 2.63 bits per heavy atom. The number of hydrogen-bond donors (Lipinski definition) is 1. The molecule has 0 bridgehead atoms. The fraction of sp³-hybridized carbons (Fsp3) is 0.300. The summed E-state index contributed by atoms with van der Waals surface area (Å²) in [6.45, 7) is 0.171. The number of aliphatic hydroxyl groups excluding tert-OH is 1. The molecule has 2 heterocycles. The normalized spacial score (nSPS) is 11.8. The SMILES string of the molecule is OCCn1cc(-c2ncc(C(F)(F)F)c(Cl)n2)cn1. The second-order valence-corrected chi connectivity index (χ2v) is 3.97. The van der Waals surface area contributed by atoms with Crippen molar-refractivity contribution in [2.24, 2.45) is 0 Å². The van der Waals surface area contributed by atoms with Crippen LogP contribution in [0, 0.1) is 0 Å². The van der Waals surface area contributed by atoms with Gasteiger partial charge in [0.2, 0.25) is 0 Å². The zero-order valence-corrected chi connectivity index (χ0v) is 10.2. The average molecular weight is 293 g/mol. The molecular formula is C10H8ClF3N4O. The molecule has 0 saturated heterocycles. The Morgan fingerprint density at radius 2 is 2.05 bits per heavy atom. The molecule has 19 heavy (non-hydrogen) atoms. The first kappa shape index (κ1) is 13.8. The summed E-state index contributed by atoms with van der Waals surface area (Å²) in [4.78, 5) is 7.22. The molecule has 2 rings (SSSR count). The molecule has 2 aromatic heterocycles. The van der Waals surface area contributed by atoms with Crippen molar-refractivity contribution in [3.8, 4) is 11.4 Å². The lowest BCUT2D eigenvalue weighted by Crippen LogP contribution is -2.08. The van der Waals surface area contributed by atoms with Crippen LogP contribution >= 0.6 is 11.6 Å². The van der Waals surface area contributed by atoms with Crippen LogP contribution < -0.4 is 0 Å². The quantitative estimate of drug-likeness (QED) is 0.879. The van der Waals surface area contributed by atoms with Gasteiger partial charge in [0.05, 0.1) is 24.9 Å². The summed E-state index contributed by atoms with van der Waals surface area (Å²) in [7, 11) is 0. The van der Waals surface area contributed by atoms with Crippen molar-refractivity contribution in [1.82, 2.24) is 19.7 Å². The molecule has 102 valence electrons. The molecule has 0 saturated carbocycles. The molecule has 0 aliphatic carbocycles. The minimum absolute atomic E-state index is 0.0437. The van der Waals surface area contributed by atoms with Crippen LogP contribution in [0.2, 0.25) is 5.15 Å². The van der Waals surface area contributed by atoms with E-state index in [9.17, 15) is 13.2 Å². The van der Waals surface area contributed by atoms with E-state index in [1.54, 1.807) is 0 Å². The van der Waals surface area contributed by atoms with Crippen molar-refractivity contribution in [2.45, 2.75) is 12.7 Å². The van der Waals surface area contributed by atoms with Gasteiger partial charge >= 0.3 is 6.18 Å². The molecule has 2 aromatic rings. The van der Waals surface area contributed by atoms with E-state index in [1.165, 1.54) is 17.1 Å². The van der Waals surface area contributed by atoms with Crippen molar-refractivity contribution < 1.29 is 18.3 Å². The largest absolute Gasteiger partial charge is 0.420 e. The maximum Gasteiger partial charge on any atom is 0.420 e. The lowest BCUT2D eigenvalue weighted by molar-refractivity contribution is -0.137. The van der Waals surface area contributed by atoms with Crippen LogP contribution in [0.1, 0.15) is 5.56 Å². The van der Waals surface area contributed by atoms with E-state index in [-0.39, 0.29) is 19.0 Å². The van der Waals surface area contributed by atoms with E-state index in [4.69, 9.17) is 16.7 Å². The lowest BCUT2D eigenvalue weighted by Gasteiger charge is -2.07. The summed E-state index contributed by atoms with van der Waals surface area (Å²) in [5, 5.41) is 12.0. The Labute approximate surface area is 110 Å². The summed E-state index contributed by atoms with van der Waals surface area (Å²) >= 11 is 5.49. The van der Waals surface area contributed by atoms with Crippen LogP contribution in [0.15, 0.2) is 18.6 Å². The van der Waals surface area contributed by atoms with Crippen molar-refractivity contribution in [1.29, 1.82) is 0 Å². The number of alkyl halides is 3. The molecule has 0 aromatic carbocycles. The van der Waals surface area contributed by atoms with Crippen molar-refractivity contribution in [2.75, 3.05) is 6.61 Å². The zero-order valence-electron chi connectivity index (χ0n) is 9.39. The Morgan fingerprint density at radius 1 is 1.32 bits per heavy atom. The second kappa shape index (κ2) is 5.14. The molecule has 0 atom stereocenters. The van der Waals surface area contributed by atoms with E-state index >= 15 is 0 Å². The van der Waals surface area contributed by atoms with Crippen LogP contribution in [0.25, 0.3) is 11.4 Å². The van der Waals surface area contributed by atoms with Crippen LogP contribution in [-0.2, 0) is 12.7 Å². The highest BCUT2D eigenvalue weighted by atomic mass is 35.5. The number of halogens is 4. The van der Waals surface area contributed by atoms with E-state index in [0.29, 0.717) is 11.8 Å². The lowest BCUT2D eigenvalue weighted by atomic mass is 10.3. The summed E-state index contributed by atoms with van der Waals surface area (Å²) in [6.07, 6.45) is -1.06. The fourth-order valence-corrected chi connectivity index (χ4v) is 1.63. The van der Waals surface area contributed by atoms with Gasteiger partial charge in [0.15, 0.2) is 5.82 Å². The summed E-state index contributed by atoms with van der Waals surface area (Å²) in [5.74, 6) is 0.0437. The maximum absolute atomic E-state index is 12.5. The third-order valence-electron chi connectivity index (χ3n) is 2.27. The predicted molar refractivity (Wildman–Crippen MR) is 60.4 cm³/mol. The molecule has 0 unspecified atom stereocenters. The van der Waals surface area contributed by atoms with E-state index < -0.39 is 16.9 Å². The third kappa shape index (κ3) is 3.02. The second-order valence-electron chi connectivity index (χ2n) is 3.61. The molecule has 0 aliphatic rings. The molecule has 0 fully saturated rings. The monoisotopic (exact) mass is 292 g/mol. The Balaban J connectivity index is 2.33. The molecule has 0 radical (unpaired) electrons. The van der Waals surface area contributed by atoms with Crippen molar-refractivity contribution in [3.05, 3.63) is 29.3 Å². The standard InChI is InChI=1S/C10H8ClF3N4O/c11-8-7(10(12,13)14)4-15-9(17-8)6-3-16-18(5-6)1-2-19/h3-5,19H,1-2H2. The Kier molecular flexibility index (Phi) is 3.72. The van der Waals surface area contributed by atoms with Gasteiger partial charge in [-0.25, -0.2) is 9.97 Å². The molecule has 1 N–H and O–H groups in total. The minimum atomic E-state index is -4.59. The highest BCUT2D eigenvalue weighted by molar-refractivity contribution is 6.30. The third-order valence-corrected chi connectivity index (χ3v) is 2.56. The number of aliphatic hydroxyl groups is 1. The number of nitrogens with zero attached hydrogens (tertiary/aromatic N) is 4. The van der Waals surface area contributed by atoms with Gasteiger partial charge in [-0.15, -0.1) is 0 Å². The van der Waals surface area contributed by atoms with Crippen LogP contribution in [0.5, 0.6) is 0 Å².